The second-order valence-electron chi connectivity index (χ2n) is 12.8. The lowest BCUT2D eigenvalue weighted by Gasteiger charge is -2.44. The van der Waals surface area contributed by atoms with Gasteiger partial charge in [0.2, 0.25) is 0 Å². The number of carbonyl (C=O) groups is 2. The summed E-state index contributed by atoms with van der Waals surface area (Å²) in [5, 5.41) is 31.6. The van der Waals surface area contributed by atoms with Crippen molar-refractivity contribution in [3.63, 3.8) is 0 Å². The van der Waals surface area contributed by atoms with Gasteiger partial charge in [0.25, 0.3) is 0 Å². The van der Waals surface area contributed by atoms with Crippen LogP contribution < -0.4 is 0 Å². The Labute approximate surface area is 338 Å². The molecule has 1 saturated carbocycles. The summed E-state index contributed by atoms with van der Waals surface area (Å²) in [6.45, 7) is 0.379. The van der Waals surface area contributed by atoms with Crippen molar-refractivity contribution in [2.45, 2.75) is 140 Å². The van der Waals surface area contributed by atoms with Gasteiger partial charge in [0.15, 0.2) is 6.10 Å². The maximum Gasteiger partial charge on any atom is 0.472 e. The first-order valence-electron chi connectivity index (χ1n) is 18.3. The number of hydrogen-bond donors (Lipinski definition) is 8. The molecule has 19 nitrogen and oxygen atoms in total. The third-order valence-corrected chi connectivity index (χ3v) is 10.0. The molecule has 4 unspecified atom stereocenters. The van der Waals surface area contributed by atoms with Crippen molar-refractivity contribution in [3.05, 3.63) is 0 Å². The Hall–Kier alpha value is -3.05. The number of phosphoric ester groups is 3. The van der Waals surface area contributed by atoms with Gasteiger partial charge in [-0.1, -0.05) is 84.0 Å². The first-order chi connectivity index (χ1) is 27.3. The standard InChI is InChI=1S/C36H51O19P3/c1-3-5-7-9-11-13-14-15-16-17-19-21-23-25-30(38)52-28(26-50-29(37)24-22-20-18-12-10-8-6-4-2)27-51-58(48,49)55-34-31(39)32(40)35(53-56(42,43)44)36(33(34)41)54-57(45,46)47/h2,28,31-36,39-41H,3,5,7,9,11,13-17,19,21,23,25-27H2,1H3,(H,48,49)(H2,42,43,44)(H2,45,46,47)/t28-,31?,32-,33+,34?,35?,36+/m1/s1. The highest BCUT2D eigenvalue weighted by molar-refractivity contribution is 7.47. The molecule has 0 bridgehead atoms. The highest BCUT2D eigenvalue weighted by atomic mass is 31.2. The van der Waals surface area contributed by atoms with Crippen LogP contribution in [0.15, 0.2) is 0 Å². The van der Waals surface area contributed by atoms with Gasteiger partial charge in [0, 0.05) is 12.3 Å². The van der Waals surface area contributed by atoms with Crippen molar-refractivity contribution in [3.8, 4) is 59.7 Å². The molecule has 1 rings (SSSR count). The van der Waals surface area contributed by atoms with Crippen LogP contribution in [0.4, 0.5) is 0 Å². The zero-order valence-corrected chi connectivity index (χ0v) is 34.5. The Bertz CT molecular complexity index is 1740. The van der Waals surface area contributed by atoms with Gasteiger partial charge in [-0.05, 0) is 53.8 Å². The molecule has 0 aromatic heterocycles. The number of ether oxygens (including phenoxy) is 2. The Balaban J connectivity index is 2.92. The molecule has 8 atom stereocenters. The van der Waals surface area contributed by atoms with Crippen LogP contribution in [0.2, 0.25) is 0 Å². The largest absolute Gasteiger partial charge is 0.472 e. The van der Waals surface area contributed by atoms with Crippen LogP contribution in [0.1, 0.15) is 96.8 Å². The lowest BCUT2D eigenvalue weighted by molar-refractivity contribution is -0.213. The lowest BCUT2D eigenvalue weighted by Crippen LogP contribution is -2.65. The maximum atomic E-state index is 12.9. The molecule has 1 aliphatic carbocycles. The third kappa shape index (κ3) is 24.8. The number of hydrogen-bond acceptors (Lipinski definition) is 14. The molecule has 22 heteroatoms. The highest BCUT2D eigenvalue weighted by Crippen LogP contribution is 2.51. The molecule has 0 saturated heterocycles. The Morgan fingerprint density at radius 1 is 0.603 bits per heavy atom. The minimum atomic E-state index is -5.62. The van der Waals surface area contributed by atoms with Gasteiger partial charge < -0.3 is 49.3 Å². The Morgan fingerprint density at radius 2 is 1.05 bits per heavy atom. The van der Waals surface area contributed by atoms with Gasteiger partial charge in [-0.15, -0.1) is 6.42 Å². The Kier molecular flexibility index (Phi) is 26.0. The summed E-state index contributed by atoms with van der Waals surface area (Å²) in [6.07, 6.45) is 2.00. The predicted molar refractivity (Wildman–Crippen MR) is 204 cm³/mol. The first kappa shape index (κ1) is 53.0. The van der Waals surface area contributed by atoms with Crippen LogP contribution in [-0.4, -0.2) is 108 Å². The number of unbranched alkanes of at least 4 members (excludes halogenated alkanes) is 12. The van der Waals surface area contributed by atoms with E-state index in [2.05, 4.69) is 57.4 Å². The fraction of sp³-hybridized carbons (Fsp3) is 0.667. The average molecular weight is 881 g/mol. The smallest absolute Gasteiger partial charge is 0.456 e. The van der Waals surface area contributed by atoms with Crippen LogP contribution >= 0.6 is 23.5 Å². The zero-order chi connectivity index (χ0) is 43.6. The zero-order valence-electron chi connectivity index (χ0n) is 31.8. The van der Waals surface area contributed by atoms with E-state index in [4.69, 9.17) is 34.7 Å². The van der Waals surface area contributed by atoms with E-state index in [-0.39, 0.29) is 6.42 Å². The first-order valence-corrected chi connectivity index (χ1v) is 22.9. The highest BCUT2D eigenvalue weighted by Gasteiger charge is 2.56. The van der Waals surface area contributed by atoms with Crippen LogP contribution in [0.5, 0.6) is 0 Å². The number of carbonyl (C=O) groups excluding carboxylic acids is 2. The summed E-state index contributed by atoms with van der Waals surface area (Å²) in [4.78, 5) is 72.1. The van der Waals surface area contributed by atoms with E-state index < -0.39 is 91.3 Å². The monoisotopic (exact) mass is 880 g/mol. The van der Waals surface area contributed by atoms with E-state index >= 15 is 0 Å². The molecule has 1 aliphatic rings. The molecule has 0 amide bonds. The second kappa shape index (κ2) is 28.4. The van der Waals surface area contributed by atoms with Gasteiger partial charge in [0.1, 0.15) is 43.2 Å². The summed E-state index contributed by atoms with van der Waals surface area (Å²) >= 11 is 0. The van der Waals surface area contributed by atoms with E-state index in [9.17, 15) is 53.3 Å². The minimum absolute atomic E-state index is 0.0746. The van der Waals surface area contributed by atoms with Gasteiger partial charge in [-0.25, -0.2) is 18.5 Å². The number of terminal acetylenes is 1. The van der Waals surface area contributed by atoms with Gasteiger partial charge in [-0.3, -0.25) is 22.9 Å². The number of esters is 2. The fourth-order valence-corrected chi connectivity index (χ4v) is 7.44. The molecule has 58 heavy (non-hydrogen) atoms. The molecular weight excluding hydrogens is 829 g/mol. The quantitative estimate of drug-likeness (QED) is 0.0203. The molecule has 0 aliphatic heterocycles. The van der Waals surface area contributed by atoms with Crippen molar-refractivity contribution in [2.24, 2.45) is 0 Å². The SMILES string of the molecule is C#CC#CC#CC#CC#CC(=O)OC[C@H](COP(=O)(O)OC1C(O)[C@@H](O)C(OP(=O)(O)O)[C@@H](OP(=O)(O)O)[C@H]1O)OC(=O)CCCCCCCCCCCCCCC. The topological polar surface area (TPSA) is 303 Å². The van der Waals surface area contributed by atoms with Gasteiger partial charge >= 0.3 is 35.4 Å². The van der Waals surface area contributed by atoms with Crippen molar-refractivity contribution in [1.29, 1.82) is 0 Å². The third-order valence-electron chi connectivity index (χ3n) is 8.01. The molecule has 8 N–H and O–H groups in total. The number of aliphatic hydroxyl groups is 3. The molecule has 0 aromatic carbocycles. The molecule has 1 fully saturated rings. The number of rotatable bonds is 26. The van der Waals surface area contributed by atoms with Crippen molar-refractivity contribution < 1.29 is 90.6 Å². The summed E-state index contributed by atoms with van der Waals surface area (Å²) in [5.74, 6) is 17.9. The fourth-order valence-electron chi connectivity index (χ4n) is 5.34. The minimum Gasteiger partial charge on any atom is -0.456 e. The molecule has 324 valence electrons. The van der Waals surface area contributed by atoms with E-state index in [1.807, 2.05) is 11.8 Å². The predicted octanol–water partition coefficient (Wildman–Crippen LogP) is 2.12. The second-order valence-corrected chi connectivity index (χ2v) is 16.6. The van der Waals surface area contributed by atoms with E-state index in [0.29, 0.717) is 12.8 Å². The normalized spacial score (nSPS) is 21.7. The average Bonchev–Trinajstić information content (AvgIpc) is 3.14. The molecule has 0 aromatic rings. The van der Waals surface area contributed by atoms with E-state index in [0.717, 1.165) is 25.7 Å². The van der Waals surface area contributed by atoms with Crippen LogP contribution in [0.25, 0.3) is 0 Å². The number of phosphoric acid groups is 3. The summed E-state index contributed by atoms with van der Waals surface area (Å²) in [7, 11) is -16.7. The Morgan fingerprint density at radius 3 is 1.55 bits per heavy atom. The van der Waals surface area contributed by atoms with Crippen molar-refractivity contribution in [1.82, 2.24) is 0 Å². The van der Waals surface area contributed by atoms with Crippen LogP contribution in [-0.2, 0) is 50.9 Å². The summed E-state index contributed by atoms with van der Waals surface area (Å²) in [5.41, 5.74) is 0. The van der Waals surface area contributed by atoms with Crippen LogP contribution in [0.3, 0.4) is 0 Å². The van der Waals surface area contributed by atoms with Crippen molar-refractivity contribution >= 4 is 35.4 Å². The lowest BCUT2D eigenvalue weighted by atomic mass is 9.85. The van der Waals surface area contributed by atoms with E-state index in [1.54, 1.807) is 0 Å². The van der Waals surface area contributed by atoms with E-state index in [1.165, 1.54) is 44.9 Å². The summed E-state index contributed by atoms with van der Waals surface area (Å²) < 4.78 is 64.3. The summed E-state index contributed by atoms with van der Waals surface area (Å²) in [6, 6.07) is 0. The maximum absolute atomic E-state index is 12.9. The van der Waals surface area contributed by atoms with Gasteiger partial charge in [-0.2, -0.15) is 0 Å². The molecule has 0 heterocycles. The van der Waals surface area contributed by atoms with Gasteiger partial charge in [0.05, 0.1) is 6.61 Å². The molecule has 0 radical (unpaired) electrons. The van der Waals surface area contributed by atoms with Crippen molar-refractivity contribution in [2.75, 3.05) is 13.2 Å². The van der Waals surface area contributed by atoms with Crippen LogP contribution in [0, 0.1) is 59.7 Å². The molecular formula is C36H51O19P3. The number of aliphatic hydroxyl groups excluding tert-OH is 3. The molecule has 0 spiro atoms.